The number of anilines is 1. The maximum absolute atomic E-state index is 5.06. The maximum atomic E-state index is 5.06. The summed E-state index contributed by atoms with van der Waals surface area (Å²) < 4.78 is 0. The molecule has 3 heteroatoms. The molecule has 1 saturated carbocycles. The van der Waals surface area contributed by atoms with Crippen molar-refractivity contribution in [2.24, 2.45) is 11.3 Å². The van der Waals surface area contributed by atoms with Gasteiger partial charge < -0.3 is 9.88 Å². The van der Waals surface area contributed by atoms with E-state index in [2.05, 4.69) is 86.8 Å². The number of aromatic amines is 1. The Kier molecular flexibility index (Phi) is 6.53. The van der Waals surface area contributed by atoms with E-state index in [1.54, 1.807) is 0 Å². The van der Waals surface area contributed by atoms with Gasteiger partial charge in [0.2, 0.25) is 0 Å². The molecule has 2 aliphatic carbocycles. The number of hydrogen-bond donors (Lipinski definition) is 1. The molecule has 0 radical (unpaired) electrons. The van der Waals surface area contributed by atoms with Crippen LogP contribution in [0, 0.1) is 11.3 Å². The summed E-state index contributed by atoms with van der Waals surface area (Å²) in [6.45, 7) is 16.0. The number of H-pyrrole nitrogens is 1. The molecule has 1 aromatic carbocycles. The Morgan fingerprint density at radius 3 is 2.58 bits per heavy atom. The third kappa shape index (κ3) is 4.05. The lowest BCUT2D eigenvalue weighted by Gasteiger charge is -2.48. The second kappa shape index (κ2) is 9.74. The molecule has 0 bridgehead atoms. The van der Waals surface area contributed by atoms with Gasteiger partial charge in [0.25, 0.3) is 0 Å². The number of nitrogens with zero attached hydrogens (tertiary/aromatic N) is 2. The topological polar surface area (TPSA) is 31.9 Å². The molecule has 3 nitrogen and oxygen atoms in total. The fourth-order valence-electron chi connectivity index (χ4n) is 8.19. The Hall–Kier alpha value is -2.81. The molecule has 3 aromatic rings. The normalized spacial score (nSPS) is 21.2. The van der Waals surface area contributed by atoms with E-state index in [1.165, 1.54) is 96.6 Å². The highest BCUT2D eigenvalue weighted by atomic mass is 15.2. The standard InChI is InChI=1S/C35H45N3/c1-6-11-25-14-15-27-30(21-25)37-33-32(27)24(3)28-23-36-31(22-29(28)34(33,4)5)38-19-17-35(16-7-2,18-20-38)26-12-9-8-10-13-26/h6,11,14-15,21-23,26,37H,3,7-10,12-13,16-20H2,1-2,4-5H3/b11-6+. The Bertz CT molecular complexity index is 1370. The van der Waals surface area contributed by atoms with Crippen molar-refractivity contribution in [2.75, 3.05) is 18.0 Å². The number of hydrogen-bond acceptors (Lipinski definition) is 2. The first-order valence-corrected chi connectivity index (χ1v) is 15.1. The minimum Gasteiger partial charge on any atom is -0.357 e. The summed E-state index contributed by atoms with van der Waals surface area (Å²) >= 11 is 0. The summed E-state index contributed by atoms with van der Waals surface area (Å²) in [4.78, 5) is 11.4. The van der Waals surface area contributed by atoms with Crippen molar-refractivity contribution in [2.45, 2.75) is 90.9 Å². The third-order valence-corrected chi connectivity index (χ3v) is 10.3. The SMILES string of the molecule is C=C1c2cnc(N3CCC(CCC)(C4CCCCC4)CC3)cc2C(C)(C)c2[nH]c3cc(/C=C/C)ccc3c21. The average Bonchev–Trinajstić information content (AvgIpc) is 3.33. The van der Waals surface area contributed by atoms with Crippen molar-refractivity contribution in [1.29, 1.82) is 0 Å². The van der Waals surface area contributed by atoms with Gasteiger partial charge in [0.15, 0.2) is 0 Å². The van der Waals surface area contributed by atoms with Crippen LogP contribution in [0.1, 0.15) is 113 Å². The molecule has 1 N–H and O–H groups in total. The predicted octanol–water partition coefficient (Wildman–Crippen LogP) is 9.26. The number of nitrogens with one attached hydrogen (secondary N) is 1. The second-order valence-electron chi connectivity index (χ2n) is 12.8. The van der Waals surface area contributed by atoms with Crippen molar-refractivity contribution >= 4 is 28.4 Å². The van der Waals surface area contributed by atoms with Crippen molar-refractivity contribution < 1.29 is 0 Å². The monoisotopic (exact) mass is 507 g/mol. The summed E-state index contributed by atoms with van der Waals surface area (Å²) in [6, 6.07) is 9.09. The first kappa shape index (κ1) is 25.5. The fourth-order valence-corrected chi connectivity index (χ4v) is 8.19. The van der Waals surface area contributed by atoms with E-state index in [0.717, 1.165) is 30.4 Å². The second-order valence-corrected chi connectivity index (χ2v) is 12.8. The van der Waals surface area contributed by atoms with Crippen molar-refractivity contribution in [3.8, 4) is 0 Å². The van der Waals surface area contributed by atoms with Gasteiger partial charge in [-0.2, -0.15) is 0 Å². The van der Waals surface area contributed by atoms with Crippen molar-refractivity contribution in [1.82, 2.24) is 9.97 Å². The molecule has 3 heterocycles. The van der Waals surface area contributed by atoms with Crippen LogP contribution in [-0.2, 0) is 5.41 Å². The van der Waals surface area contributed by atoms with Gasteiger partial charge in [-0.1, -0.05) is 77.3 Å². The van der Waals surface area contributed by atoms with Crippen molar-refractivity contribution in [3.63, 3.8) is 0 Å². The Morgan fingerprint density at radius 2 is 1.87 bits per heavy atom. The quantitative estimate of drug-likeness (QED) is 0.373. The lowest BCUT2D eigenvalue weighted by atomic mass is 9.62. The number of rotatable bonds is 5. The smallest absolute Gasteiger partial charge is 0.128 e. The summed E-state index contributed by atoms with van der Waals surface area (Å²) in [6.07, 6.45) is 19.0. The van der Waals surface area contributed by atoms with Gasteiger partial charge in [-0.3, -0.25) is 0 Å². The summed E-state index contributed by atoms with van der Waals surface area (Å²) in [5, 5.41) is 1.26. The van der Waals surface area contributed by atoms with Gasteiger partial charge >= 0.3 is 0 Å². The summed E-state index contributed by atoms with van der Waals surface area (Å²) in [5.74, 6) is 2.08. The zero-order chi connectivity index (χ0) is 26.5. The van der Waals surface area contributed by atoms with Gasteiger partial charge in [-0.25, -0.2) is 4.98 Å². The highest BCUT2D eigenvalue weighted by Crippen LogP contribution is 2.51. The molecular weight excluding hydrogens is 462 g/mol. The molecular formula is C35H45N3. The van der Waals surface area contributed by atoms with Crippen LogP contribution in [0.4, 0.5) is 5.82 Å². The molecule has 1 saturated heterocycles. The molecule has 0 amide bonds. The number of aromatic nitrogens is 2. The first-order valence-electron chi connectivity index (χ1n) is 15.1. The molecule has 200 valence electrons. The molecule has 0 spiro atoms. The van der Waals surface area contributed by atoms with Crippen LogP contribution in [0.2, 0.25) is 0 Å². The zero-order valence-electron chi connectivity index (χ0n) is 24.0. The van der Waals surface area contributed by atoms with Crippen LogP contribution in [-0.4, -0.2) is 23.1 Å². The minimum atomic E-state index is -0.146. The largest absolute Gasteiger partial charge is 0.357 e. The number of allylic oxidation sites excluding steroid dienone is 1. The molecule has 0 unspecified atom stereocenters. The third-order valence-electron chi connectivity index (χ3n) is 10.3. The minimum absolute atomic E-state index is 0.146. The van der Waals surface area contributed by atoms with Crippen LogP contribution in [0.3, 0.4) is 0 Å². The van der Waals surface area contributed by atoms with E-state index in [1.807, 2.05) is 0 Å². The summed E-state index contributed by atoms with van der Waals surface area (Å²) in [7, 11) is 0. The van der Waals surface area contributed by atoms with E-state index in [0.29, 0.717) is 5.41 Å². The predicted molar refractivity (Wildman–Crippen MR) is 163 cm³/mol. The Morgan fingerprint density at radius 1 is 1.11 bits per heavy atom. The summed E-state index contributed by atoms with van der Waals surface area (Å²) in [5.41, 5.74) is 8.99. The molecule has 1 aliphatic heterocycles. The lowest BCUT2D eigenvalue weighted by Crippen LogP contribution is -2.45. The number of benzene rings is 1. The van der Waals surface area contributed by atoms with Gasteiger partial charge in [0, 0.05) is 52.4 Å². The lowest BCUT2D eigenvalue weighted by molar-refractivity contribution is 0.0712. The molecule has 0 atom stereocenters. The zero-order valence-corrected chi connectivity index (χ0v) is 24.0. The van der Waals surface area contributed by atoms with E-state index in [9.17, 15) is 0 Å². The highest BCUT2D eigenvalue weighted by molar-refractivity contribution is 6.01. The van der Waals surface area contributed by atoms with Crippen LogP contribution in [0.15, 0.2) is 43.1 Å². The molecule has 2 aromatic heterocycles. The first-order chi connectivity index (χ1) is 18.4. The average molecular weight is 508 g/mol. The Balaban J connectivity index is 1.31. The molecule has 38 heavy (non-hydrogen) atoms. The number of pyridine rings is 1. The van der Waals surface area contributed by atoms with Crippen LogP contribution in [0.5, 0.6) is 0 Å². The number of fused-ring (bicyclic) bond motifs is 4. The van der Waals surface area contributed by atoms with Gasteiger partial charge in [-0.05, 0) is 79.2 Å². The van der Waals surface area contributed by atoms with E-state index in [-0.39, 0.29) is 5.41 Å². The molecule has 3 aliphatic rings. The van der Waals surface area contributed by atoms with E-state index < -0.39 is 0 Å². The van der Waals surface area contributed by atoms with Gasteiger partial charge in [-0.15, -0.1) is 0 Å². The van der Waals surface area contributed by atoms with Crippen LogP contribution >= 0.6 is 0 Å². The molecule has 2 fully saturated rings. The maximum Gasteiger partial charge on any atom is 0.128 e. The highest BCUT2D eigenvalue weighted by Gasteiger charge is 2.42. The van der Waals surface area contributed by atoms with E-state index >= 15 is 0 Å². The Labute approximate surface area is 229 Å². The van der Waals surface area contributed by atoms with Gasteiger partial charge in [0.1, 0.15) is 5.82 Å². The fraction of sp³-hybridized carbons (Fsp3) is 0.514. The van der Waals surface area contributed by atoms with E-state index in [4.69, 9.17) is 4.98 Å². The van der Waals surface area contributed by atoms with Crippen LogP contribution < -0.4 is 4.90 Å². The van der Waals surface area contributed by atoms with Gasteiger partial charge in [0.05, 0.1) is 0 Å². The number of piperidine rings is 1. The molecule has 6 rings (SSSR count). The van der Waals surface area contributed by atoms with Crippen molar-refractivity contribution in [3.05, 3.63) is 71.1 Å². The van der Waals surface area contributed by atoms with Crippen LogP contribution in [0.25, 0.3) is 22.6 Å².